The molecule has 0 saturated heterocycles. The maximum absolute atomic E-state index is 13.0. The number of anilines is 1. The minimum absolute atomic E-state index is 0.185. The summed E-state index contributed by atoms with van der Waals surface area (Å²) in [5.74, 6) is -0.435. The van der Waals surface area contributed by atoms with Crippen LogP contribution < -0.4 is 16.2 Å². The number of hydrogen-bond donors (Lipinski definition) is 1. The summed E-state index contributed by atoms with van der Waals surface area (Å²) < 4.78 is 14.3. The zero-order valence-corrected chi connectivity index (χ0v) is 11.2. The van der Waals surface area contributed by atoms with E-state index in [1.165, 1.54) is 23.0 Å². The lowest BCUT2D eigenvalue weighted by molar-refractivity contribution is 0.603. The lowest BCUT2D eigenvalue weighted by Gasteiger charge is -2.17. The highest BCUT2D eigenvalue weighted by Crippen LogP contribution is 2.07. The van der Waals surface area contributed by atoms with E-state index in [-0.39, 0.29) is 12.1 Å². The zero-order chi connectivity index (χ0) is 14.5. The lowest BCUT2D eigenvalue weighted by Crippen LogP contribution is -2.29. The van der Waals surface area contributed by atoms with Crippen LogP contribution in [0.2, 0.25) is 0 Å². The van der Waals surface area contributed by atoms with Crippen LogP contribution in [-0.4, -0.2) is 34.9 Å². The predicted molar refractivity (Wildman–Crippen MR) is 74.1 cm³/mol. The van der Waals surface area contributed by atoms with Crippen molar-refractivity contribution in [3.8, 4) is 0 Å². The van der Waals surface area contributed by atoms with Crippen molar-refractivity contribution >= 4 is 5.69 Å². The molecule has 6 nitrogen and oxygen atoms in total. The van der Waals surface area contributed by atoms with Gasteiger partial charge < -0.3 is 10.6 Å². The van der Waals surface area contributed by atoms with Gasteiger partial charge in [-0.25, -0.2) is 9.07 Å². The lowest BCUT2D eigenvalue weighted by atomic mass is 10.3. The average molecular weight is 277 g/mol. The summed E-state index contributed by atoms with van der Waals surface area (Å²) in [6, 6.07) is 2.81. The topological polar surface area (TPSA) is 77.0 Å². The molecule has 0 radical (unpaired) electrons. The maximum Gasteiger partial charge on any atom is 0.269 e. The van der Waals surface area contributed by atoms with Gasteiger partial charge in [0.1, 0.15) is 5.82 Å². The number of hydrogen-bond acceptors (Lipinski definition) is 5. The number of pyridine rings is 1. The first-order valence-corrected chi connectivity index (χ1v) is 6.18. The average Bonchev–Trinajstić information content (AvgIpc) is 2.41. The fraction of sp³-hybridized carbons (Fsp3) is 0.308. The van der Waals surface area contributed by atoms with Crippen LogP contribution in [0.5, 0.6) is 0 Å². The standard InChI is InChI=1S/C13H16FN5O/c1-18(3-2-15)12-5-13(20)19(17-8-12)9-10-4-11(14)7-16-6-10/h4-8H,2-3,9,15H2,1H3. The number of aromatic nitrogens is 3. The third kappa shape index (κ3) is 3.39. The van der Waals surface area contributed by atoms with Crippen LogP contribution in [0.1, 0.15) is 5.56 Å². The van der Waals surface area contributed by atoms with Crippen molar-refractivity contribution in [2.24, 2.45) is 5.73 Å². The molecule has 0 bridgehead atoms. The Kier molecular flexibility index (Phi) is 4.41. The van der Waals surface area contributed by atoms with Crippen LogP contribution in [0.3, 0.4) is 0 Å². The largest absolute Gasteiger partial charge is 0.372 e. The van der Waals surface area contributed by atoms with E-state index in [2.05, 4.69) is 10.1 Å². The Labute approximate surface area is 115 Å². The molecule has 7 heteroatoms. The summed E-state index contributed by atoms with van der Waals surface area (Å²) in [6.07, 6.45) is 4.21. The first-order chi connectivity index (χ1) is 9.60. The SMILES string of the molecule is CN(CCN)c1cnn(Cc2cncc(F)c2)c(=O)c1. The van der Waals surface area contributed by atoms with Crippen LogP contribution in [0.4, 0.5) is 10.1 Å². The Morgan fingerprint density at radius 1 is 1.35 bits per heavy atom. The predicted octanol–water partition coefficient (Wildman–Crippen LogP) is 0.221. The molecule has 0 saturated carbocycles. The fourth-order valence-electron chi connectivity index (χ4n) is 1.79. The monoisotopic (exact) mass is 277 g/mol. The highest BCUT2D eigenvalue weighted by atomic mass is 19.1. The molecule has 0 aliphatic rings. The van der Waals surface area contributed by atoms with E-state index in [4.69, 9.17) is 5.73 Å². The van der Waals surface area contributed by atoms with Crippen molar-refractivity contribution in [2.45, 2.75) is 6.54 Å². The van der Waals surface area contributed by atoms with Gasteiger partial charge in [-0.1, -0.05) is 0 Å². The molecule has 0 aliphatic heterocycles. The summed E-state index contributed by atoms with van der Waals surface area (Å²) in [5, 5.41) is 4.08. The van der Waals surface area contributed by atoms with Crippen molar-refractivity contribution in [1.29, 1.82) is 0 Å². The molecular weight excluding hydrogens is 261 g/mol. The molecule has 0 spiro atoms. The molecule has 0 fully saturated rings. The van der Waals surface area contributed by atoms with Crippen LogP contribution in [0.15, 0.2) is 35.5 Å². The Hall–Kier alpha value is -2.28. The number of likely N-dealkylation sites (N-methyl/N-ethyl adjacent to an activating group) is 1. The quantitative estimate of drug-likeness (QED) is 0.846. The molecule has 2 N–H and O–H groups in total. The highest BCUT2D eigenvalue weighted by Gasteiger charge is 2.05. The van der Waals surface area contributed by atoms with E-state index in [0.717, 1.165) is 6.20 Å². The number of rotatable bonds is 5. The van der Waals surface area contributed by atoms with E-state index < -0.39 is 5.82 Å². The minimum atomic E-state index is -0.435. The molecule has 2 rings (SSSR count). The van der Waals surface area contributed by atoms with E-state index in [1.54, 1.807) is 6.20 Å². The van der Waals surface area contributed by atoms with E-state index in [0.29, 0.717) is 24.3 Å². The third-order valence-corrected chi connectivity index (χ3v) is 2.85. The summed E-state index contributed by atoms with van der Waals surface area (Å²) in [7, 11) is 1.84. The summed E-state index contributed by atoms with van der Waals surface area (Å²) >= 11 is 0. The van der Waals surface area contributed by atoms with Gasteiger partial charge in [-0.3, -0.25) is 9.78 Å². The molecule has 0 amide bonds. The second-order valence-corrected chi connectivity index (χ2v) is 4.43. The van der Waals surface area contributed by atoms with Gasteiger partial charge in [0.15, 0.2) is 0 Å². The minimum Gasteiger partial charge on any atom is -0.372 e. The number of nitrogens with zero attached hydrogens (tertiary/aromatic N) is 4. The smallest absolute Gasteiger partial charge is 0.269 e. The van der Waals surface area contributed by atoms with Crippen molar-refractivity contribution in [3.05, 3.63) is 52.5 Å². The van der Waals surface area contributed by atoms with Gasteiger partial charge in [-0.2, -0.15) is 5.10 Å². The molecule has 0 unspecified atom stereocenters. The number of nitrogens with two attached hydrogens (primary N) is 1. The van der Waals surface area contributed by atoms with Gasteiger partial charge in [0.25, 0.3) is 5.56 Å². The van der Waals surface area contributed by atoms with Crippen LogP contribution in [0.25, 0.3) is 0 Å². The fourth-order valence-corrected chi connectivity index (χ4v) is 1.79. The van der Waals surface area contributed by atoms with Gasteiger partial charge in [0, 0.05) is 32.4 Å². The van der Waals surface area contributed by atoms with Gasteiger partial charge in [-0.05, 0) is 11.6 Å². The van der Waals surface area contributed by atoms with Gasteiger partial charge >= 0.3 is 0 Å². The Bertz CT molecular complexity index is 643. The van der Waals surface area contributed by atoms with Crippen LogP contribution >= 0.6 is 0 Å². The Balaban J connectivity index is 2.20. The van der Waals surface area contributed by atoms with Crippen molar-refractivity contribution in [3.63, 3.8) is 0 Å². The first-order valence-electron chi connectivity index (χ1n) is 6.18. The summed E-state index contributed by atoms with van der Waals surface area (Å²) in [4.78, 5) is 17.6. The first kappa shape index (κ1) is 14.1. The molecule has 2 aromatic rings. The van der Waals surface area contributed by atoms with Crippen LogP contribution in [0, 0.1) is 5.82 Å². The van der Waals surface area contributed by atoms with Gasteiger partial charge in [0.2, 0.25) is 0 Å². The van der Waals surface area contributed by atoms with Gasteiger partial charge in [0.05, 0.1) is 24.6 Å². The normalized spacial score (nSPS) is 10.6. The molecular formula is C13H16FN5O. The number of halogens is 1. The molecule has 20 heavy (non-hydrogen) atoms. The van der Waals surface area contributed by atoms with Gasteiger partial charge in [-0.15, -0.1) is 0 Å². The summed E-state index contributed by atoms with van der Waals surface area (Å²) in [6.45, 7) is 1.32. The van der Waals surface area contributed by atoms with Crippen molar-refractivity contribution < 1.29 is 4.39 Å². The van der Waals surface area contributed by atoms with Crippen molar-refractivity contribution in [1.82, 2.24) is 14.8 Å². The zero-order valence-electron chi connectivity index (χ0n) is 11.2. The summed E-state index contributed by atoms with van der Waals surface area (Å²) in [5.41, 5.74) is 6.50. The van der Waals surface area contributed by atoms with Crippen molar-refractivity contribution in [2.75, 3.05) is 25.0 Å². The second kappa shape index (κ2) is 6.25. The third-order valence-electron chi connectivity index (χ3n) is 2.85. The molecule has 2 aromatic heterocycles. The molecule has 2 heterocycles. The van der Waals surface area contributed by atoms with E-state index in [9.17, 15) is 9.18 Å². The Morgan fingerprint density at radius 3 is 2.80 bits per heavy atom. The Morgan fingerprint density at radius 2 is 2.15 bits per heavy atom. The molecule has 0 atom stereocenters. The maximum atomic E-state index is 13.0. The molecule has 0 aliphatic carbocycles. The molecule has 106 valence electrons. The second-order valence-electron chi connectivity index (χ2n) is 4.43. The highest BCUT2D eigenvalue weighted by molar-refractivity contribution is 5.41. The van der Waals surface area contributed by atoms with E-state index in [1.807, 2.05) is 11.9 Å². The molecule has 0 aromatic carbocycles. The van der Waals surface area contributed by atoms with Crippen LogP contribution in [-0.2, 0) is 6.54 Å². The van der Waals surface area contributed by atoms with E-state index >= 15 is 0 Å².